The van der Waals surface area contributed by atoms with Gasteiger partial charge in [-0.1, -0.05) is 20.8 Å². The van der Waals surface area contributed by atoms with Crippen molar-refractivity contribution in [1.29, 1.82) is 0 Å². The Bertz CT molecular complexity index is 787. The number of carbonyl (C=O) groups is 2. The molecule has 1 aromatic carbocycles. The number of nitrogens with one attached hydrogen (secondary N) is 2. The van der Waals surface area contributed by atoms with Crippen LogP contribution in [0.5, 0.6) is 0 Å². The van der Waals surface area contributed by atoms with E-state index in [1.807, 2.05) is 20.8 Å². The van der Waals surface area contributed by atoms with Gasteiger partial charge in [-0.05, 0) is 38.5 Å². The zero-order chi connectivity index (χ0) is 18.8. The molecule has 0 aliphatic carbocycles. The average molecular weight is 347 g/mol. The van der Waals surface area contributed by atoms with Gasteiger partial charge in [-0.15, -0.1) is 0 Å². The molecule has 0 saturated heterocycles. The van der Waals surface area contributed by atoms with E-state index in [9.17, 15) is 9.59 Å². The summed E-state index contributed by atoms with van der Waals surface area (Å²) in [5.74, 6) is -0.250. The van der Waals surface area contributed by atoms with Crippen molar-refractivity contribution in [3.05, 3.63) is 24.1 Å². The third-order valence-electron chi connectivity index (χ3n) is 3.70. The van der Waals surface area contributed by atoms with E-state index in [-0.39, 0.29) is 11.8 Å². The molecule has 136 valence electrons. The summed E-state index contributed by atoms with van der Waals surface area (Å²) >= 11 is 0. The third kappa shape index (κ3) is 5.20. The first-order chi connectivity index (χ1) is 11.5. The lowest BCUT2D eigenvalue weighted by molar-refractivity contribution is -0.137. The number of aliphatic carboxylic acids is 1. The fraction of sp³-hybridized carbons (Fsp3) is 0.500. The van der Waals surface area contributed by atoms with E-state index in [0.717, 1.165) is 0 Å². The number of carboxylic acid groups (broad SMARTS) is 1. The van der Waals surface area contributed by atoms with Gasteiger partial charge in [0.25, 0.3) is 0 Å². The second-order valence-electron chi connectivity index (χ2n) is 7.81. The number of urea groups is 1. The van der Waals surface area contributed by atoms with Crippen LogP contribution >= 0.6 is 0 Å². The number of hydrogen-bond donors (Lipinski definition) is 3. The largest absolute Gasteiger partial charge is 0.481 e. The molecule has 0 aliphatic rings. The Morgan fingerprint density at radius 2 is 1.88 bits per heavy atom. The Hall–Kier alpha value is -2.57. The van der Waals surface area contributed by atoms with Gasteiger partial charge in [-0.3, -0.25) is 4.79 Å². The Balaban J connectivity index is 2.06. The van der Waals surface area contributed by atoms with Gasteiger partial charge in [-0.25, -0.2) is 9.78 Å². The number of fused-ring (bicyclic) bond motifs is 1. The number of nitrogens with zero attached hydrogens (tertiary/aromatic N) is 1. The maximum Gasteiger partial charge on any atom is 0.319 e. The minimum Gasteiger partial charge on any atom is -0.481 e. The van der Waals surface area contributed by atoms with Crippen LogP contribution in [0, 0.1) is 0 Å². The van der Waals surface area contributed by atoms with Crippen LogP contribution in [0.2, 0.25) is 0 Å². The van der Waals surface area contributed by atoms with Crippen LogP contribution in [0.1, 0.15) is 53.4 Å². The summed E-state index contributed by atoms with van der Waals surface area (Å²) in [5.41, 5.74) is 1.11. The summed E-state index contributed by atoms with van der Waals surface area (Å²) in [6.45, 7) is 9.62. The lowest BCUT2D eigenvalue weighted by atomic mass is 9.97. The molecule has 7 heteroatoms. The van der Waals surface area contributed by atoms with Crippen LogP contribution in [0.15, 0.2) is 22.6 Å². The molecule has 0 fully saturated rings. The molecule has 2 rings (SSSR count). The molecule has 0 radical (unpaired) electrons. The van der Waals surface area contributed by atoms with Gasteiger partial charge >= 0.3 is 12.0 Å². The van der Waals surface area contributed by atoms with Crippen molar-refractivity contribution >= 4 is 28.8 Å². The molecule has 0 unspecified atom stereocenters. The van der Waals surface area contributed by atoms with E-state index in [0.29, 0.717) is 29.1 Å². The van der Waals surface area contributed by atoms with Crippen LogP contribution in [0.3, 0.4) is 0 Å². The Morgan fingerprint density at radius 3 is 2.48 bits per heavy atom. The highest BCUT2D eigenvalue weighted by Crippen LogP contribution is 2.27. The summed E-state index contributed by atoms with van der Waals surface area (Å²) in [7, 11) is 0. The number of carboxylic acids is 1. The number of hydrogen-bond acceptors (Lipinski definition) is 4. The number of anilines is 1. The molecular weight excluding hydrogens is 322 g/mol. The second kappa shape index (κ2) is 6.74. The molecule has 25 heavy (non-hydrogen) atoms. The minimum absolute atomic E-state index is 0.00619. The number of benzene rings is 1. The lowest BCUT2D eigenvalue weighted by Gasteiger charge is -2.25. The molecular formula is C18H25N3O4. The standard InChI is InChI=1S/C18H25N3O4/c1-17(2,3)15-20-12-10-11(6-7-13(12)25-15)19-16(24)21-18(4,5)9-8-14(22)23/h6-7,10H,8-9H2,1-5H3,(H,22,23)(H2,19,21,24). The molecule has 0 spiro atoms. The first-order valence-corrected chi connectivity index (χ1v) is 8.18. The average Bonchev–Trinajstić information content (AvgIpc) is 2.88. The van der Waals surface area contributed by atoms with Crippen LogP contribution in [-0.4, -0.2) is 27.6 Å². The Kier molecular flexibility index (Phi) is 5.06. The SMILES string of the molecule is CC(C)(CCC(=O)O)NC(=O)Nc1ccc2oc(C(C)(C)C)nc2c1. The summed E-state index contributed by atoms with van der Waals surface area (Å²) < 4.78 is 5.73. The normalized spacial score (nSPS) is 12.2. The second-order valence-corrected chi connectivity index (χ2v) is 7.81. The Morgan fingerprint density at radius 1 is 1.20 bits per heavy atom. The van der Waals surface area contributed by atoms with Crippen LogP contribution in [0.4, 0.5) is 10.5 Å². The summed E-state index contributed by atoms with van der Waals surface area (Å²) in [5, 5.41) is 14.3. The molecule has 2 amide bonds. The van der Waals surface area contributed by atoms with Crippen molar-refractivity contribution in [3.63, 3.8) is 0 Å². The monoisotopic (exact) mass is 347 g/mol. The quantitative estimate of drug-likeness (QED) is 0.761. The predicted molar refractivity (Wildman–Crippen MR) is 95.8 cm³/mol. The third-order valence-corrected chi connectivity index (χ3v) is 3.70. The van der Waals surface area contributed by atoms with Gasteiger partial charge in [-0.2, -0.15) is 0 Å². The van der Waals surface area contributed by atoms with Crippen molar-refractivity contribution in [2.45, 2.75) is 58.4 Å². The molecule has 0 saturated carbocycles. The van der Waals surface area contributed by atoms with E-state index in [4.69, 9.17) is 9.52 Å². The number of oxazole rings is 1. The Labute approximate surface area is 146 Å². The molecule has 0 atom stereocenters. The van der Waals surface area contributed by atoms with Gasteiger partial charge in [0.1, 0.15) is 5.52 Å². The highest BCUT2D eigenvalue weighted by molar-refractivity contribution is 5.92. The number of aromatic nitrogens is 1. The van der Waals surface area contributed by atoms with E-state index in [1.165, 1.54) is 0 Å². The van der Waals surface area contributed by atoms with Crippen LogP contribution in [-0.2, 0) is 10.2 Å². The van der Waals surface area contributed by atoms with E-state index < -0.39 is 17.5 Å². The molecule has 3 N–H and O–H groups in total. The maximum atomic E-state index is 12.2. The summed E-state index contributed by atoms with van der Waals surface area (Å²) in [6.07, 6.45) is 0.334. The zero-order valence-corrected chi connectivity index (χ0v) is 15.3. The smallest absolute Gasteiger partial charge is 0.319 e. The van der Waals surface area contributed by atoms with Gasteiger partial charge in [0, 0.05) is 23.1 Å². The van der Waals surface area contributed by atoms with Crippen molar-refractivity contribution in [3.8, 4) is 0 Å². The topological polar surface area (TPSA) is 104 Å². The maximum absolute atomic E-state index is 12.2. The van der Waals surface area contributed by atoms with E-state index >= 15 is 0 Å². The van der Waals surface area contributed by atoms with Crippen molar-refractivity contribution in [2.24, 2.45) is 0 Å². The highest BCUT2D eigenvalue weighted by Gasteiger charge is 2.23. The van der Waals surface area contributed by atoms with Gasteiger partial charge in [0.2, 0.25) is 5.89 Å². The molecule has 0 bridgehead atoms. The summed E-state index contributed by atoms with van der Waals surface area (Å²) in [4.78, 5) is 27.3. The molecule has 1 aromatic heterocycles. The van der Waals surface area contributed by atoms with Crippen molar-refractivity contribution in [1.82, 2.24) is 10.3 Å². The zero-order valence-electron chi connectivity index (χ0n) is 15.3. The first-order valence-electron chi connectivity index (χ1n) is 8.18. The fourth-order valence-corrected chi connectivity index (χ4v) is 2.28. The lowest BCUT2D eigenvalue weighted by Crippen LogP contribution is -2.45. The number of carbonyl (C=O) groups excluding carboxylic acids is 1. The van der Waals surface area contributed by atoms with E-state index in [2.05, 4.69) is 15.6 Å². The van der Waals surface area contributed by atoms with E-state index in [1.54, 1.807) is 32.0 Å². The predicted octanol–water partition coefficient (Wildman–Crippen LogP) is 3.89. The molecule has 2 aromatic rings. The fourth-order valence-electron chi connectivity index (χ4n) is 2.28. The highest BCUT2D eigenvalue weighted by atomic mass is 16.4. The number of amides is 2. The molecule has 1 heterocycles. The van der Waals surface area contributed by atoms with Gasteiger partial charge in [0.15, 0.2) is 5.58 Å². The van der Waals surface area contributed by atoms with Crippen LogP contribution < -0.4 is 10.6 Å². The van der Waals surface area contributed by atoms with Crippen molar-refractivity contribution in [2.75, 3.05) is 5.32 Å². The van der Waals surface area contributed by atoms with Crippen LogP contribution in [0.25, 0.3) is 11.1 Å². The first kappa shape index (κ1) is 18.8. The van der Waals surface area contributed by atoms with Crippen molar-refractivity contribution < 1.29 is 19.1 Å². The van der Waals surface area contributed by atoms with Gasteiger partial charge < -0.3 is 20.2 Å². The number of rotatable bonds is 5. The minimum atomic E-state index is -0.888. The molecule has 7 nitrogen and oxygen atoms in total. The summed E-state index contributed by atoms with van der Waals surface area (Å²) in [6, 6.07) is 4.86. The molecule has 0 aliphatic heterocycles. The van der Waals surface area contributed by atoms with Gasteiger partial charge in [0.05, 0.1) is 0 Å².